The van der Waals surface area contributed by atoms with Crippen molar-refractivity contribution in [3.63, 3.8) is 0 Å². The molecular formula is C22H25ClN2O4. The second kappa shape index (κ2) is 9.65. The molecule has 0 aliphatic carbocycles. The topological polar surface area (TPSA) is 67.9 Å². The van der Waals surface area contributed by atoms with E-state index in [-0.39, 0.29) is 17.7 Å². The number of hydrogen-bond acceptors (Lipinski definition) is 4. The predicted molar refractivity (Wildman–Crippen MR) is 111 cm³/mol. The van der Waals surface area contributed by atoms with Crippen molar-refractivity contribution in [1.82, 2.24) is 10.2 Å². The van der Waals surface area contributed by atoms with Gasteiger partial charge in [0, 0.05) is 25.2 Å². The van der Waals surface area contributed by atoms with Crippen LogP contribution in [-0.4, -0.2) is 44.0 Å². The maximum atomic E-state index is 12.8. The molecule has 0 bridgehead atoms. The summed E-state index contributed by atoms with van der Waals surface area (Å²) >= 11 is 6.16. The summed E-state index contributed by atoms with van der Waals surface area (Å²) < 4.78 is 10.6. The van der Waals surface area contributed by atoms with Gasteiger partial charge in [0.1, 0.15) is 11.5 Å². The van der Waals surface area contributed by atoms with Crippen LogP contribution in [0.15, 0.2) is 42.5 Å². The van der Waals surface area contributed by atoms with Crippen LogP contribution in [0.25, 0.3) is 0 Å². The SMILES string of the molecule is COc1ccc(OC)c(CNC(=O)[C@@H]2CCCN(C(=O)c3ccccc3Cl)C2)c1. The Kier molecular flexibility index (Phi) is 6.99. The van der Waals surface area contributed by atoms with Crippen molar-refractivity contribution < 1.29 is 19.1 Å². The van der Waals surface area contributed by atoms with Gasteiger partial charge in [0.25, 0.3) is 5.91 Å². The molecule has 1 fully saturated rings. The van der Waals surface area contributed by atoms with Crippen molar-refractivity contribution >= 4 is 23.4 Å². The van der Waals surface area contributed by atoms with E-state index in [0.717, 1.165) is 18.4 Å². The zero-order valence-corrected chi connectivity index (χ0v) is 17.4. The van der Waals surface area contributed by atoms with E-state index < -0.39 is 0 Å². The van der Waals surface area contributed by atoms with Gasteiger partial charge in [-0.3, -0.25) is 9.59 Å². The Morgan fingerprint density at radius 2 is 1.97 bits per heavy atom. The summed E-state index contributed by atoms with van der Waals surface area (Å²) in [5.41, 5.74) is 1.30. The average molecular weight is 417 g/mol. The van der Waals surface area contributed by atoms with E-state index in [1.807, 2.05) is 18.2 Å². The Balaban J connectivity index is 1.63. The molecule has 0 unspecified atom stereocenters. The van der Waals surface area contributed by atoms with Gasteiger partial charge in [0.15, 0.2) is 0 Å². The second-order valence-electron chi connectivity index (χ2n) is 6.97. The van der Waals surface area contributed by atoms with E-state index >= 15 is 0 Å². The molecule has 0 spiro atoms. The van der Waals surface area contributed by atoms with Gasteiger partial charge in [-0.2, -0.15) is 0 Å². The molecule has 1 N–H and O–H groups in total. The number of carbonyl (C=O) groups excluding carboxylic acids is 2. The number of likely N-dealkylation sites (tertiary alicyclic amines) is 1. The van der Waals surface area contributed by atoms with Gasteiger partial charge in [0.2, 0.25) is 5.91 Å². The molecule has 2 amide bonds. The lowest BCUT2D eigenvalue weighted by Crippen LogP contribution is -2.45. The maximum absolute atomic E-state index is 12.8. The minimum Gasteiger partial charge on any atom is -0.497 e. The highest BCUT2D eigenvalue weighted by atomic mass is 35.5. The average Bonchev–Trinajstić information content (AvgIpc) is 2.77. The fraction of sp³-hybridized carbons (Fsp3) is 0.364. The molecule has 29 heavy (non-hydrogen) atoms. The molecule has 1 aliphatic rings. The maximum Gasteiger partial charge on any atom is 0.255 e. The van der Waals surface area contributed by atoms with Crippen LogP contribution in [-0.2, 0) is 11.3 Å². The van der Waals surface area contributed by atoms with Gasteiger partial charge in [0.05, 0.1) is 30.7 Å². The van der Waals surface area contributed by atoms with Gasteiger partial charge >= 0.3 is 0 Å². The second-order valence-corrected chi connectivity index (χ2v) is 7.37. The number of amides is 2. The minimum atomic E-state index is -0.258. The third-order valence-electron chi connectivity index (χ3n) is 5.12. The first-order valence-electron chi connectivity index (χ1n) is 9.56. The monoisotopic (exact) mass is 416 g/mol. The van der Waals surface area contributed by atoms with Crippen molar-refractivity contribution in [2.45, 2.75) is 19.4 Å². The van der Waals surface area contributed by atoms with Crippen molar-refractivity contribution in [1.29, 1.82) is 0 Å². The molecule has 1 aliphatic heterocycles. The van der Waals surface area contributed by atoms with Gasteiger partial charge in [-0.1, -0.05) is 23.7 Å². The molecule has 1 saturated heterocycles. The number of rotatable bonds is 6. The van der Waals surface area contributed by atoms with Crippen LogP contribution in [0.2, 0.25) is 5.02 Å². The first kappa shape index (κ1) is 21.0. The lowest BCUT2D eigenvalue weighted by molar-refractivity contribution is -0.126. The van der Waals surface area contributed by atoms with Gasteiger partial charge in [-0.05, 0) is 43.2 Å². The lowest BCUT2D eigenvalue weighted by Gasteiger charge is -2.32. The molecular weight excluding hydrogens is 392 g/mol. The Labute approximate surface area is 175 Å². The third-order valence-corrected chi connectivity index (χ3v) is 5.45. The summed E-state index contributed by atoms with van der Waals surface area (Å²) in [7, 11) is 3.18. The van der Waals surface area contributed by atoms with Crippen LogP contribution in [0.4, 0.5) is 0 Å². The first-order valence-corrected chi connectivity index (χ1v) is 9.93. The van der Waals surface area contributed by atoms with Crippen molar-refractivity contribution in [2.75, 3.05) is 27.3 Å². The molecule has 1 atom stereocenters. The predicted octanol–water partition coefficient (Wildman–Crippen LogP) is 3.53. The highest BCUT2D eigenvalue weighted by molar-refractivity contribution is 6.33. The van der Waals surface area contributed by atoms with Crippen molar-refractivity contribution in [3.05, 3.63) is 58.6 Å². The van der Waals surface area contributed by atoms with Crippen LogP contribution < -0.4 is 14.8 Å². The highest BCUT2D eigenvalue weighted by Gasteiger charge is 2.29. The lowest BCUT2D eigenvalue weighted by atomic mass is 9.96. The van der Waals surface area contributed by atoms with Crippen molar-refractivity contribution in [3.8, 4) is 11.5 Å². The Bertz CT molecular complexity index is 887. The highest BCUT2D eigenvalue weighted by Crippen LogP contribution is 2.25. The number of nitrogens with one attached hydrogen (secondary N) is 1. The van der Waals surface area contributed by atoms with Gasteiger partial charge < -0.3 is 19.7 Å². The van der Waals surface area contributed by atoms with Crippen LogP contribution >= 0.6 is 11.6 Å². The Morgan fingerprint density at radius 3 is 2.69 bits per heavy atom. The third kappa shape index (κ3) is 5.01. The summed E-state index contributed by atoms with van der Waals surface area (Å²) in [6, 6.07) is 12.4. The Hall–Kier alpha value is -2.73. The molecule has 2 aromatic carbocycles. The minimum absolute atomic E-state index is 0.0773. The summed E-state index contributed by atoms with van der Waals surface area (Å²) in [6.07, 6.45) is 1.52. The first-order chi connectivity index (χ1) is 14.0. The standard InChI is InChI=1S/C22H25ClN2O4/c1-28-17-9-10-20(29-2)16(12-17)13-24-21(26)15-6-5-11-25(14-15)22(27)18-7-3-4-8-19(18)23/h3-4,7-10,12,15H,5-6,11,13-14H2,1-2H3,(H,24,26)/t15-/m1/s1. The fourth-order valence-corrected chi connectivity index (χ4v) is 3.74. The molecule has 154 valence electrons. The number of hydrogen-bond donors (Lipinski definition) is 1. The van der Waals surface area contributed by atoms with Crippen LogP contribution in [0.3, 0.4) is 0 Å². The van der Waals surface area contributed by atoms with E-state index in [0.29, 0.717) is 41.7 Å². The molecule has 0 aromatic heterocycles. The summed E-state index contributed by atoms with van der Waals surface area (Å²) in [5.74, 6) is 0.912. The molecule has 1 heterocycles. The van der Waals surface area contributed by atoms with E-state index in [2.05, 4.69) is 5.32 Å². The van der Waals surface area contributed by atoms with Crippen LogP contribution in [0.5, 0.6) is 11.5 Å². The van der Waals surface area contributed by atoms with E-state index in [1.165, 1.54) is 0 Å². The van der Waals surface area contributed by atoms with Gasteiger partial charge in [-0.25, -0.2) is 0 Å². The normalized spacial score (nSPS) is 16.2. The zero-order valence-electron chi connectivity index (χ0n) is 16.6. The molecule has 0 radical (unpaired) electrons. The fourth-order valence-electron chi connectivity index (χ4n) is 3.53. The van der Waals surface area contributed by atoms with E-state index in [9.17, 15) is 9.59 Å². The molecule has 7 heteroatoms. The number of halogens is 1. The van der Waals surface area contributed by atoms with E-state index in [4.69, 9.17) is 21.1 Å². The summed E-state index contributed by atoms with van der Waals surface area (Å²) in [6.45, 7) is 1.33. The number of ether oxygens (including phenoxy) is 2. The molecule has 2 aromatic rings. The number of methoxy groups -OCH3 is 2. The number of carbonyl (C=O) groups is 2. The Morgan fingerprint density at radius 1 is 1.17 bits per heavy atom. The number of piperidine rings is 1. The number of nitrogens with zero attached hydrogens (tertiary/aromatic N) is 1. The van der Waals surface area contributed by atoms with Crippen LogP contribution in [0, 0.1) is 5.92 Å². The zero-order chi connectivity index (χ0) is 20.8. The molecule has 6 nitrogen and oxygen atoms in total. The number of benzene rings is 2. The summed E-state index contributed by atoms with van der Waals surface area (Å²) in [4.78, 5) is 27.3. The smallest absolute Gasteiger partial charge is 0.255 e. The van der Waals surface area contributed by atoms with Gasteiger partial charge in [-0.15, -0.1) is 0 Å². The molecule has 0 saturated carbocycles. The quantitative estimate of drug-likeness (QED) is 0.782. The largest absolute Gasteiger partial charge is 0.497 e. The van der Waals surface area contributed by atoms with Crippen molar-refractivity contribution in [2.24, 2.45) is 5.92 Å². The van der Waals surface area contributed by atoms with E-state index in [1.54, 1.807) is 43.4 Å². The summed E-state index contributed by atoms with van der Waals surface area (Å²) in [5, 5.41) is 3.39. The molecule has 3 rings (SSSR count). The van der Waals surface area contributed by atoms with Crippen LogP contribution in [0.1, 0.15) is 28.8 Å².